The van der Waals surface area contributed by atoms with Gasteiger partial charge < -0.3 is 11.1 Å². The number of anilines is 2. The molecule has 3 aromatic rings. The average Bonchev–Trinajstić information content (AvgIpc) is 2.76. The summed E-state index contributed by atoms with van der Waals surface area (Å²) in [7, 11) is 0. The molecule has 162 valence electrons. The molecule has 0 fully saturated rings. The lowest BCUT2D eigenvalue weighted by Crippen LogP contribution is -2.29. The van der Waals surface area contributed by atoms with Gasteiger partial charge in [-0.05, 0) is 56.0 Å². The maximum atomic E-state index is 13.3. The molecule has 0 saturated carbocycles. The van der Waals surface area contributed by atoms with Crippen molar-refractivity contribution in [1.82, 2.24) is 25.0 Å². The van der Waals surface area contributed by atoms with Crippen molar-refractivity contribution in [3.63, 3.8) is 0 Å². The minimum absolute atomic E-state index is 0.114. The number of nitrogens with two attached hydrogens (primary N) is 1. The Balaban J connectivity index is 2.03. The fourth-order valence-electron chi connectivity index (χ4n) is 3.34. The Labute approximate surface area is 179 Å². The molecule has 0 saturated heterocycles. The summed E-state index contributed by atoms with van der Waals surface area (Å²) in [6.07, 6.45) is 5.51. The summed E-state index contributed by atoms with van der Waals surface area (Å²) in [4.78, 5) is 37.8. The molecular weight excluding hydrogens is 398 g/mol. The Morgan fingerprint density at radius 1 is 1.23 bits per heavy atom. The van der Waals surface area contributed by atoms with Gasteiger partial charge in [-0.15, -0.1) is 0 Å². The number of carbonyl (C=O) groups is 1. The van der Waals surface area contributed by atoms with Crippen LogP contribution in [0.2, 0.25) is 0 Å². The van der Waals surface area contributed by atoms with Gasteiger partial charge >= 0.3 is 0 Å². The van der Waals surface area contributed by atoms with Crippen LogP contribution in [0, 0.1) is 20.8 Å². The molecular formula is C21H25N7O3. The number of nitrogen functional groups attached to an aromatic ring is 1. The monoisotopic (exact) mass is 423 g/mol. The van der Waals surface area contributed by atoms with E-state index in [1.54, 1.807) is 44.8 Å². The molecule has 0 unspecified atom stereocenters. The first kappa shape index (κ1) is 21.9. The van der Waals surface area contributed by atoms with Crippen molar-refractivity contribution in [2.24, 2.45) is 0 Å². The first-order chi connectivity index (χ1) is 14.8. The predicted molar refractivity (Wildman–Crippen MR) is 116 cm³/mol. The highest BCUT2D eigenvalue weighted by Crippen LogP contribution is 2.26. The maximum absolute atomic E-state index is 13.3. The normalized spacial score (nSPS) is 10.7. The van der Waals surface area contributed by atoms with Gasteiger partial charge in [-0.1, -0.05) is 0 Å². The second-order valence-electron chi connectivity index (χ2n) is 7.17. The lowest BCUT2D eigenvalue weighted by atomic mass is 10.0. The Morgan fingerprint density at radius 2 is 1.94 bits per heavy atom. The molecule has 3 aromatic heterocycles. The number of aromatic nitrogens is 4. The van der Waals surface area contributed by atoms with Crippen molar-refractivity contribution >= 4 is 17.5 Å². The molecule has 10 nitrogen and oxygen atoms in total. The summed E-state index contributed by atoms with van der Waals surface area (Å²) in [6, 6.07) is 3.81. The van der Waals surface area contributed by atoms with Crippen molar-refractivity contribution in [3.05, 3.63) is 69.2 Å². The highest BCUT2D eigenvalue weighted by molar-refractivity contribution is 5.80. The fourth-order valence-corrected chi connectivity index (χ4v) is 3.34. The van der Waals surface area contributed by atoms with E-state index in [0.717, 1.165) is 5.56 Å². The van der Waals surface area contributed by atoms with Crippen LogP contribution >= 0.6 is 0 Å². The van der Waals surface area contributed by atoms with Gasteiger partial charge in [-0.3, -0.25) is 24.3 Å². The lowest BCUT2D eigenvalue weighted by molar-refractivity contribution is -0.128. The van der Waals surface area contributed by atoms with Crippen LogP contribution in [0.1, 0.15) is 28.1 Å². The van der Waals surface area contributed by atoms with E-state index in [1.807, 2.05) is 12.1 Å². The van der Waals surface area contributed by atoms with Crippen LogP contribution in [-0.2, 0) is 17.6 Å². The van der Waals surface area contributed by atoms with Crippen LogP contribution in [0.25, 0.3) is 5.69 Å². The number of hydrogen-bond donors (Lipinski definition) is 4. The van der Waals surface area contributed by atoms with E-state index in [4.69, 9.17) is 10.9 Å². The van der Waals surface area contributed by atoms with E-state index in [2.05, 4.69) is 20.3 Å². The molecule has 0 spiro atoms. The van der Waals surface area contributed by atoms with Crippen LogP contribution in [0.4, 0.5) is 11.6 Å². The molecule has 10 heteroatoms. The van der Waals surface area contributed by atoms with E-state index >= 15 is 0 Å². The van der Waals surface area contributed by atoms with Gasteiger partial charge in [0.05, 0.1) is 12.1 Å². The van der Waals surface area contributed by atoms with Crippen LogP contribution < -0.4 is 22.1 Å². The smallest absolute Gasteiger partial charge is 0.298 e. The van der Waals surface area contributed by atoms with Crippen molar-refractivity contribution in [2.45, 2.75) is 33.6 Å². The predicted octanol–water partition coefficient (Wildman–Crippen LogP) is 1.23. The van der Waals surface area contributed by atoms with E-state index < -0.39 is 11.5 Å². The largest absolute Gasteiger partial charge is 0.382 e. The molecule has 0 aliphatic rings. The van der Waals surface area contributed by atoms with E-state index in [-0.39, 0.29) is 18.1 Å². The second kappa shape index (κ2) is 9.35. The zero-order valence-corrected chi connectivity index (χ0v) is 17.6. The first-order valence-electron chi connectivity index (χ1n) is 9.73. The summed E-state index contributed by atoms with van der Waals surface area (Å²) < 4.78 is 1.40. The molecule has 3 rings (SSSR count). The zero-order chi connectivity index (χ0) is 22.5. The van der Waals surface area contributed by atoms with Crippen LogP contribution in [0.15, 0.2) is 35.5 Å². The van der Waals surface area contributed by atoms with Gasteiger partial charge in [0.1, 0.15) is 5.82 Å². The summed E-state index contributed by atoms with van der Waals surface area (Å²) in [5.41, 5.74) is 11.2. The molecule has 5 N–H and O–H groups in total. The number of carbonyl (C=O) groups excluding carboxylic acids is 1. The van der Waals surface area contributed by atoms with Gasteiger partial charge in [-0.25, -0.2) is 15.4 Å². The van der Waals surface area contributed by atoms with Crippen LogP contribution in [-0.4, -0.2) is 37.2 Å². The van der Waals surface area contributed by atoms with Crippen molar-refractivity contribution in [1.29, 1.82) is 0 Å². The molecule has 0 bridgehead atoms. The topological polar surface area (TPSA) is 148 Å². The molecule has 0 atom stereocenters. The number of amides is 1. The fraction of sp³-hybridized carbons (Fsp3) is 0.286. The molecule has 0 aliphatic heterocycles. The third kappa shape index (κ3) is 4.69. The van der Waals surface area contributed by atoms with E-state index in [0.29, 0.717) is 41.2 Å². The number of pyridine rings is 2. The average molecular weight is 423 g/mol. The summed E-state index contributed by atoms with van der Waals surface area (Å²) >= 11 is 0. The van der Waals surface area contributed by atoms with Gasteiger partial charge in [-0.2, -0.15) is 0 Å². The Kier molecular flexibility index (Phi) is 6.61. The second-order valence-corrected chi connectivity index (χ2v) is 7.17. The Morgan fingerprint density at radius 3 is 2.61 bits per heavy atom. The number of hydrogen-bond acceptors (Lipinski definition) is 8. The van der Waals surface area contributed by atoms with Gasteiger partial charge in [0.2, 0.25) is 5.91 Å². The highest BCUT2D eigenvalue weighted by atomic mass is 16.5. The van der Waals surface area contributed by atoms with Gasteiger partial charge in [0.15, 0.2) is 5.82 Å². The van der Waals surface area contributed by atoms with Gasteiger partial charge in [0.25, 0.3) is 5.56 Å². The van der Waals surface area contributed by atoms with Crippen LogP contribution in [0.5, 0.6) is 0 Å². The van der Waals surface area contributed by atoms with Gasteiger partial charge in [0, 0.05) is 36.5 Å². The number of nitrogens with one attached hydrogen (secondary N) is 2. The maximum Gasteiger partial charge on any atom is 0.298 e. The molecule has 0 aliphatic carbocycles. The summed E-state index contributed by atoms with van der Waals surface area (Å²) in [5, 5.41) is 12.1. The van der Waals surface area contributed by atoms with Crippen LogP contribution in [0.3, 0.4) is 0 Å². The molecule has 0 aromatic carbocycles. The van der Waals surface area contributed by atoms with Crippen molar-refractivity contribution < 1.29 is 10.0 Å². The third-order valence-electron chi connectivity index (χ3n) is 5.09. The minimum atomic E-state index is -0.621. The first-order valence-corrected chi connectivity index (χ1v) is 9.73. The highest BCUT2D eigenvalue weighted by Gasteiger charge is 2.21. The Hall–Kier alpha value is -3.79. The van der Waals surface area contributed by atoms with E-state index in [1.165, 1.54) is 4.57 Å². The molecule has 3 heterocycles. The molecule has 31 heavy (non-hydrogen) atoms. The summed E-state index contributed by atoms with van der Waals surface area (Å²) in [6.45, 7) is 5.78. The third-order valence-corrected chi connectivity index (χ3v) is 5.09. The standard InChI is InChI=1S/C21H25N7O3/c1-12-11-25-20(24-9-6-15-4-7-23-8-5-15)21(30)28(12)18-16(10-17(29)27-31)13(2)14(3)26-19(18)22/h4-5,7-8,11,31H,6,9-10H2,1-3H3,(H2,22,26)(H,24,25)(H,27,29). The zero-order valence-electron chi connectivity index (χ0n) is 17.6. The molecule has 0 radical (unpaired) electrons. The number of hydroxylamine groups is 1. The number of nitrogens with zero attached hydrogens (tertiary/aromatic N) is 4. The quantitative estimate of drug-likeness (QED) is 0.328. The SMILES string of the molecule is Cc1nc(N)c(-n2c(C)cnc(NCCc3ccncc3)c2=O)c(CC(=O)NO)c1C. The summed E-state index contributed by atoms with van der Waals surface area (Å²) in [5.74, 6) is -0.345. The Bertz CT molecular complexity index is 1160. The van der Waals surface area contributed by atoms with Crippen molar-refractivity contribution in [2.75, 3.05) is 17.6 Å². The minimum Gasteiger partial charge on any atom is -0.382 e. The lowest BCUT2D eigenvalue weighted by Gasteiger charge is -2.20. The molecule has 1 amide bonds. The van der Waals surface area contributed by atoms with Crippen molar-refractivity contribution in [3.8, 4) is 5.69 Å². The number of aryl methyl sites for hydroxylation is 2. The van der Waals surface area contributed by atoms with E-state index in [9.17, 15) is 9.59 Å². The number of rotatable bonds is 7.